The molecule has 3 aromatic carbocycles. The quantitative estimate of drug-likeness (QED) is 0.0877. The molecule has 2 bridgehead atoms. The van der Waals surface area contributed by atoms with Crippen LogP contribution in [0.5, 0.6) is 17.2 Å². The van der Waals surface area contributed by atoms with Gasteiger partial charge in [-0.3, -0.25) is 19.9 Å². The molecule has 3 fully saturated rings. The number of methoxy groups -OCH3 is 1. The number of hydrogen-bond acceptors (Lipinski definition) is 9. The van der Waals surface area contributed by atoms with E-state index >= 15 is 0 Å². The van der Waals surface area contributed by atoms with Crippen LogP contribution >= 0.6 is 0 Å². The lowest BCUT2D eigenvalue weighted by molar-refractivity contribution is -0.158. The molecule has 1 unspecified atom stereocenters. The maximum Gasteiger partial charge on any atom is 0.333 e. The third-order valence-corrected chi connectivity index (χ3v) is 12.8. The van der Waals surface area contributed by atoms with Crippen LogP contribution in [-0.2, 0) is 31.2 Å². The van der Waals surface area contributed by atoms with Crippen molar-refractivity contribution >= 4 is 29.3 Å². The third kappa shape index (κ3) is 10.1. The number of aliphatic imine (C=N–C) groups is 2. The highest BCUT2D eigenvalue weighted by Gasteiger charge is 2.45. The number of ether oxygens (including phenoxy) is 2. The molecule has 3 aliphatic rings. The normalized spacial score (nSPS) is 20.8. The van der Waals surface area contributed by atoms with Crippen molar-refractivity contribution < 1.29 is 24.5 Å². The molecule has 62 heavy (non-hydrogen) atoms. The first kappa shape index (κ1) is 46.5. The van der Waals surface area contributed by atoms with Crippen molar-refractivity contribution in [3.8, 4) is 17.2 Å². The lowest BCUT2D eigenvalue weighted by Crippen LogP contribution is -2.55. The molecule has 2 N–H and O–H groups in total. The maximum absolute atomic E-state index is 15.0. The van der Waals surface area contributed by atoms with Crippen LogP contribution in [0.2, 0.25) is 0 Å². The minimum Gasteiger partial charge on any atom is -0.507 e. The summed E-state index contributed by atoms with van der Waals surface area (Å²) in [6.45, 7) is 31.1. The van der Waals surface area contributed by atoms with Gasteiger partial charge in [0.1, 0.15) is 23.4 Å². The average molecular weight is 843 g/mol. The molecule has 0 amide bonds. The van der Waals surface area contributed by atoms with Gasteiger partial charge < -0.3 is 19.7 Å². The number of esters is 1. The largest absolute Gasteiger partial charge is 0.507 e. The number of phenols is 2. The van der Waals surface area contributed by atoms with Crippen LogP contribution in [-0.4, -0.2) is 77.3 Å². The van der Waals surface area contributed by atoms with Crippen molar-refractivity contribution in [2.75, 3.05) is 26.7 Å². The predicted octanol–water partition coefficient (Wildman–Crippen LogP) is 10.9. The zero-order valence-corrected chi connectivity index (χ0v) is 39.5. The molecule has 1 aromatic heterocycles. The molecule has 9 heteroatoms. The van der Waals surface area contributed by atoms with Gasteiger partial charge >= 0.3 is 5.97 Å². The van der Waals surface area contributed by atoms with Gasteiger partial charge in [-0.1, -0.05) is 101 Å². The van der Waals surface area contributed by atoms with Crippen LogP contribution in [0, 0.1) is 11.8 Å². The second kappa shape index (κ2) is 17.6. The summed E-state index contributed by atoms with van der Waals surface area (Å²) in [4.78, 5) is 31.9. The molecular formula is C53H70N4O5. The van der Waals surface area contributed by atoms with E-state index in [1.54, 1.807) is 25.7 Å². The number of pyridine rings is 1. The van der Waals surface area contributed by atoms with E-state index in [9.17, 15) is 15.0 Å². The predicted molar refractivity (Wildman–Crippen MR) is 254 cm³/mol. The molecule has 4 heterocycles. The number of rotatable bonds is 11. The van der Waals surface area contributed by atoms with Gasteiger partial charge in [-0.15, -0.1) is 6.58 Å². The lowest BCUT2D eigenvalue weighted by atomic mass is 9.73. The van der Waals surface area contributed by atoms with E-state index in [1.165, 1.54) is 0 Å². The Kier molecular flexibility index (Phi) is 13.2. The minimum atomic E-state index is -1.08. The molecule has 3 saturated heterocycles. The van der Waals surface area contributed by atoms with Crippen LogP contribution in [0.3, 0.4) is 0 Å². The van der Waals surface area contributed by atoms with Gasteiger partial charge in [-0.2, -0.15) is 0 Å². The molecule has 332 valence electrons. The number of nitrogens with zero attached hydrogens (tertiary/aromatic N) is 4. The standard InChI is InChI=1S/C53H70N4O5/c1-15-32-31-57-21-19-33(32)24-45(57)48(39-18-20-55-43-17-16-38(61-14)27-40(39)43)62-49(60)44(56-29-35-23-37(51(5,6)7)26-42(47(35)59)53(11,12)13)30-54-28-34-22-36(50(2,3)4)25-41(46(34)58)52(8,9)10/h15-18,20,22-23,25-29,32-33,44-45,48,58-59H,1,19,21,24,30-31H2,2-14H3/t32-,33-,44+,45-,48+/m0/s1. The molecule has 7 rings (SSSR count). The number of hydrogen-bond donors (Lipinski definition) is 2. The van der Waals surface area contributed by atoms with Gasteiger partial charge in [0.25, 0.3) is 0 Å². The number of phenolic OH excluding ortho intramolecular Hbond substituents is 2. The number of fused-ring (bicyclic) bond motifs is 4. The van der Waals surface area contributed by atoms with Crippen LogP contribution in [0.1, 0.15) is 141 Å². The highest BCUT2D eigenvalue weighted by Crippen LogP contribution is 2.44. The molecule has 0 spiro atoms. The van der Waals surface area contributed by atoms with E-state index in [0.717, 1.165) is 64.7 Å². The van der Waals surface area contributed by atoms with Crippen LogP contribution in [0.4, 0.5) is 0 Å². The van der Waals surface area contributed by atoms with E-state index in [4.69, 9.17) is 19.5 Å². The number of carbonyl (C=O) groups is 1. The van der Waals surface area contributed by atoms with Gasteiger partial charge in [-0.05, 0) is 100 Å². The summed E-state index contributed by atoms with van der Waals surface area (Å²) in [5, 5.41) is 24.2. The molecule has 3 aliphatic heterocycles. The van der Waals surface area contributed by atoms with Crippen molar-refractivity contribution in [1.82, 2.24) is 9.88 Å². The minimum absolute atomic E-state index is 0.0571. The Morgan fingerprint density at radius 1 is 0.855 bits per heavy atom. The Labute approximate surface area is 370 Å². The third-order valence-electron chi connectivity index (χ3n) is 12.8. The summed E-state index contributed by atoms with van der Waals surface area (Å²) in [5.41, 5.74) is 5.38. The Balaban J connectivity index is 1.46. The van der Waals surface area contributed by atoms with Crippen molar-refractivity contribution in [2.45, 2.75) is 136 Å². The number of piperidine rings is 3. The van der Waals surface area contributed by atoms with E-state index in [2.05, 4.69) is 118 Å². The summed E-state index contributed by atoms with van der Waals surface area (Å²) < 4.78 is 12.4. The Morgan fingerprint density at radius 2 is 1.45 bits per heavy atom. The van der Waals surface area contributed by atoms with Gasteiger partial charge in [0.15, 0.2) is 6.04 Å². The van der Waals surface area contributed by atoms with Crippen molar-refractivity contribution in [2.24, 2.45) is 21.8 Å². The molecule has 0 saturated carbocycles. The number of carbonyl (C=O) groups excluding carboxylic acids is 1. The van der Waals surface area contributed by atoms with Crippen LogP contribution in [0.25, 0.3) is 10.9 Å². The Bertz CT molecular complexity index is 2350. The van der Waals surface area contributed by atoms with Crippen LogP contribution < -0.4 is 4.74 Å². The summed E-state index contributed by atoms with van der Waals surface area (Å²) in [6.07, 6.45) is 8.34. The fourth-order valence-corrected chi connectivity index (χ4v) is 8.89. The Hall–Kier alpha value is -5.02. The first-order chi connectivity index (χ1) is 28.9. The summed E-state index contributed by atoms with van der Waals surface area (Å²) in [7, 11) is 1.64. The van der Waals surface area contributed by atoms with Gasteiger partial charge in [0, 0.05) is 58.4 Å². The summed E-state index contributed by atoms with van der Waals surface area (Å²) in [5.74, 6) is 1.24. The second-order valence-corrected chi connectivity index (χ2v) is 21.6. The Morgan fingerprint density at radius 3 is 1.97 bits per heavy atom. The maximum atomic E-state index is 15.0. The molecule has 9 nitrogen and oxygen atoms in total. The zero-order valence-electron chi connectivity index (χ0n) is 39.5. The zero-order chi connectivity index (χ0) is 45.5. The first-order valence-electron chi connectivity index (χ1n) is 22.2. The first-order valence-corrected chi connectivity index (χ1v) is 22.2. The highest BCUT2D eigenvalue weighted by molar-refractivity contribution is 5.89. The van der Waals surface area contributed by atoms with E-state index < -0.39 is 18.1 Å². The molecule has 0 aliphatic carbocycles. The summed E-state index contributed by atoms with van der Waals surface area (Å²) >= 11 is 0. The number of aromatic hydroxyl groups is 2. The fraction of sp³-hybridized carbons (Fsp3) is 0.509. The fourth-order valence-electron chi connectivity index (χ4n) is 8.89. The van der Waals surface area contributed by atoms with E-state index in [1.807, 2.05) is 36.4 Å². The molecule has 4 aromatic rings. The van der Waals surface area contributed by atoms with Crippen molar-refractivity contribution in [3.63, 3.8) is 0 Å². The molecule has 0 radical (unpaired) electrons. The van der Waals surface area contributed by atoms with E-state index in [-0.39, 0.29) is 45.7 Å². The SMILES string of the molecule is C=C[C@H]1CN2CC[C@H]1C[C@H]2[C@H](OC(=O)[C@@H](CN=Cc1cc(C(C)(C)C)cc(C(C)(C)C)c1O)N=Cc1cc(C(C)(C)C)cc(C(C)(C)C)c1O)c1ccnc2ccc(OC)cc12. The van der Waals surface area contributed by atoms with Crippen LogP contribution in [0.15, 0.2) is 77.4 Å². The lowest BCUT2D eigenvalue weighted by Gasteiger charge is -2.51. The smallest absolute Gasteiger partial charge is 0.333 e. The highest BCUT2D eigenvalue weighted by atomic mass is 16.5. The molecule has 6 atom stereocenters. The van der Waals surface area contributed by atoms with Gasteiger partial charge in [0.2, 0.25) is 0 Å². The van der Waals surface area contributed by atoms with Gasteiger partial charge in [-0.25, -0.2) is 4.79 Å². The monoisotopic (exact) mass is 843 g/mol. The van der Waals surface area contributed by atoms with Crippen molar-refractivity contribution in [1.29, 1.82) is 0 Å². The van der Waals surface area contributed by atoms with E-state index in [0.29, 0.717) is 28.7 Å². The second-order valence-electron chi connectivity index (χ2n) is 21.6. The number of aromatic nitrogens is 1. The number of benzene rings is 3. The molecular weight excluding hydrogens is 773 g/mol. The van der Waals surface area contributed by atoms with Gasteiger partial charge in [0.05, 0.1) is 25.2 Å². The van der Waals surface area contributed by atoms with Crippen molar-refractivity contribution in [3.05, 3.63) is 106 Å². The topological polar surface area (TPSA) is 117 Å². The average Bonchev–Trinajstić information content (AvgIpc) is 3.20. The summed E-state index contributed by atoms with van der Waals surface area (Å²) in [6, 6.07) is 14.6.